The lowest BCUT2D eigenvalue weighted by molar-refractivity contribution is 0.396. The van der Waals surface area contributed by atoms with Gasteiger partial charge in [-0.3, -0.25) is 0 Å². The van der Waals surface area contributed by atoms with Crippen molar-refractivity contribution in [3.8, 4) is 22.6 Å². The molecule has 0 bridgehead atoms. The molecule has 2 aliphatic rings. The van der Waals surface area contributed by atoms with E-state index in [9.17, 15) is 0 Å². The van der Waals surface area contributed by atoms with Gasteiger partial charge in [-0.25, -0.2) is 0 Å². The number of rotatable bonds is 0. The zero-order valence-electron chi connectivity index (χ0n) is 5.65. The number of benzene rings is 1. The van der Waals surface area contributed by atoms with Crippen LogP contribution in [0.15, 0.2) is 12.1 Å². The Bertz CT molecular complexity index is 247. The van der Waals surface area contributed by atoms with E-state index in [0.29, 0.717) is 0 Å². The zero-order chi connectivity index (χ0) is 8.43. The molecule has 4 nitrogen and oxygen atoms in total. The van der Waals surface area contributed by atoms with Gasteiger partial charge in [0.25, 0.3) is 0 Å². The van der Waals surface area contributed by atoms with E-state index in [4.69, 9.17) is 20.3 Å². The fraction of sp³-hybridized carbons (Fsp3) is 0. The summed E-state index contributed by atoms with van der Waals surface area (Å²) in [6.07, 6.45) is 0. The number of fused-ring (bicyclic) bond motifs is 1. The van der Waals surface area contributed by atoms with Gasteiger partial charge in [0.1, 0.15) is 0 Å². The van der Waals surface area contributed by atoms with Crippen molar-refractivity contribution in [1.29, 1.82) is 0 Å². The van der Waals surface area contributed by atoms with Crippen LogP contribution in [0.3, 0.4) is 0 Å². The van der Waals surface area contributed by atoms with E-state index in [0.717, 1.165) is 11.1 Å². The minimum atomic E-state index is -0.750. The Labute approximate surface area is 63.7 Å². The Morgan fingerprint density at radius 2 is 1.18 bits per heavy atom. The van der Waals surface area contributed by atoms with Gasteiger partial charge >= 0.3 is 7.69 Å². The third-order valence-corrected chi connectivity index (χ3v) is 1.44. The number of phenolic OH excluding ortho intramolecular Hbond substituents is 2. The largest absolute Gasteiger partial charge is 0.504 e. The Hall–Kier alpha value is -1.20. The summed E-state index contributed by atoms with van der Waals surface area (Å²) in [7, 11) is -0.750. The van der Waals surface area contributed by atoms with Crippen molar-refractivity contribution in [2.45, 2.75) is 0 Å². The van der Waals surface area contributed by atoms with Crippen LogP contribution in [0.2, 0.25) is 0 Å². The fourth-order valence-electron chi connectivity index (χ4n) is 0.856. The van der Waals surface area contributed by atoms with E-state index in [1.807, 2.05) is 0 Å². The van der Waals surface area contributed by atoms with Gasteiger partial charge in [-0.05, 0) is 12.1 Å². The molecule has 5 heteroatoms. The van der Waals surface area contributed by atoms with Gasteiger partial charge in [-0.15, -0.1) is 0 Å². The number of phenols is 2. The maximum Gasteiger partial charge on any atom is 0.432 e. The van der Waals surface area contributed by atoms with Gasteiger partial charge in [-0.2, -0.15) is 0 Å². The van der Waals surface area contributed by atoms with Gasteiger partial charge in [0, 0.05) is 11.1 Å². The molecule has 2 aliphatic carbocycles. The molecule has 0 saturated heterocycles. The van der Waals surface area contributed by atoms with E-state index in [2.05, 4.69) is 0 Å². The van der Waals surface area contributed by atoms with Crippen molar-refractivity contribution in [2.75, 3.05) is 0 Å². The molecule has 0 atom stereocenters. The molecular weight excluding hydrogens is 147 g/mol. The molecule has 0 fully saturated rings. The van der Waals surface area contributed by atoms with E-state index in [1.165, 1.54) is 0 Å². The van der Waals surface area contributed by atoms with Crippen molar-refractivity contribution in [1.82, 2.24) is 0 Å². The lowest BCUT2D eigenvalue weighted by atomic mass is 9.90. The van der Waals surface area contributed by atoms with Crippen molar-refractivity contribution >= 4 is 7.69 Å². The van der Waals surface area contributed by atoms with Crippen LogP contribution in [-0.2, 0) is 0 Å². The van der Waals surface area contributed by atoms with Crippen LogP contribution < -0.4 is 0 Å². The molecule has 0 heterocycles. The third kappa shape index (κ3) is 1.04. The molecule has 11 heavy (non-hydrogen) atoms. The Morgan fingerprint density at radius 1 is 0.909 bits per heavy atom. The molecule has 0 aliphatic heterocycles. The van der Waals surface area contributed by atoms with Crippen LogP contribution in [0, 0.1) is 0 Å². The SMILES string of the molecule is OBO.Oc1c2ccc-2c1O. The fourth-order valence-corrected chi connectivity index (χ4v) is 0.856. The summed E-state index contributed by atoms with van der Waals surface area (Å²) in [4.78, 5) is 0. The third-order valence-electron chi connectivity index (χ3n) is 1.44. The summed E-state index contributed by atoms with van der Waals surface area (Å²) < 4.78 is 0. The van der Waals surface area contributed by atoms with Crippen LogP contribution in [0.4, 0.5) is 0 Å². The molecule has 0 saturated carbocycles. The first-order chi connectivity index (χ1) is 5.22. The molecule has 0 aromatic heterocycles. The lowest BCUT2D eigenvalue weighted by Crippen LogP contribution is -1.91. The predicted molar refractivity (Wildman–Crippen MR) is 40.4 cm³/mol. The van der Waals surface area contributed by atoms with E-state index >= 15 is 0 Å². The molecule has 0 aromatic rings. The Balaban J connectivity index is 0.000000179. The van der Waals surface area contributed by atoms with Crippen LogP contribution in [-0.4, -0.2) is 27.9 Å². The highest BCUT2D eigenvalue weighted by atomic mass is 16.4. The second kappa shape index (κ2) is 2.81. The summed E-state index contributed by atoms with van der Waals surface area (Å²) in [6.45, 7) is 0. The summed E-state index contributed by atoms with van der Waals surface area (Å²) in [5.41, 5.74) is 1.59. The smallest absolute Gasteiger partial charge is 0.432 e. The van der Waals surface area contributed by atoms with Crippen molar-refractivity contribution < 1.29 is 20.3 Å². The monoisotopic (exact) mass is 154 g/mol. The first-order valence-electron chi connectivity index (χ1n) is 2.99. The predicted octanol–water partition coefficient (Wildman–Crippen LogP) is -0.684. The number of aromatic hydroxyl groups is 2. The van der Waals surface area contributed by atoms with Gasteiger partial charge in [-0.1, -0.05) is 0 Å². The van der Waals surface area contributed by atoms with Gasteiger partial charge in [0.15, 0.2) is 11.5 Å². The molecule has 0 aromatic carbocycles. The maximum atomic E-state index is 8.73. The lowest BCUT2D eigenvalue weighted by Gasteiger charge is -2.18. The number of hydrogen-bond acceptors (Lipinski definition) is 4. The molecule has 4 N–H and O–H groups in total. The van der Waals surface area contributed by atoms with E-state index < -0.39 is 7.69 Å². The summed E-state index contributed by atoms with van der Waals surface area (Å²) in [5.74, 6) is 0.0880. The highest BCUT2D eigenvalue weighted by molar-refractivity contribution is 6.13. The number of hydrogen-bond donors (Lipinski definition) is 4. The van der Waals surface area contributed by atoms with Gasteiger partial charge in [0.2, 0.25) is 0 Å². The molecule has 0 radical (unpaired) electrons. The second-order valence-electron chi connectivity index (χ2n) is 2.00. The minimum Gasteiger partial charge on any atom is -0.504 e. The average molecular weight is 154 g/mol. The van der Waals surface area contributed by atoms with Crippen LogP contribution in [0.25, 0.3) is 11.1 Å². The summed E-state index contributed by atoms with van der Waals surface area (Å²) >= 11 is 0. The molecule has 0 spiro atoms. The topological polar surface area (TPSA) is 80.9 Å². The molecule has 0 amide bonds. The quantitative estimate of drug-likeness (QED) is 0.299. The van der Waals surface area contributed by atoms with Crippen LogP contribution in [0.1, 0.15) is 0 Å². The second-order valence-corrected chi connectivity index (χ2v) is 2.00. The first kappa shape index (κ1) is 7.91. The standard InChI is InChI=1S/C6H4O2.BH3O2/c7-5-3-1-2-4(3)6(5)8;2-1-3/h1-2,7-8H;1-3H. The van der Waals surface area contributed by atoms with Crippen molar-refractivity contribution in [3.63, 3.8) is 0 Å². The van der Waals surface area contributed by atoms with E-state index in [1.54, 1.807) is 12.1 Å². The maximum absolute atomic E-state index is 8.73. The molecule has 0 unspecified atom stereocenters. The van der Waals surface area contributed by atoms with Crippen molar-refractivity contribution in [3.05, 3.63) is 12.1 Å². The van der Waals surface area contributed by atoms with Crippen molar-refractivity contribution in [2.24, 2.45) is 0 Å². The van der Waals surface area contributed by atoms with Gasteiger partial charge in [0.05, 0.1) is 0 Å². The Kier molecular flexibility index (Phi) is 2.02. The van der Waals surface area contributed by atoms with E-state index in [-0.39, 0.29) is 11.5 Å². The first-order valence-corrected chi connectivity index (χ1v) is 2.99. The Morgan fingerprint density at radius 3 is 1.27 bits per heavy atom. The van der Waals surface area contributed by atoms with Gasteiger partial charge < -0.3 is 20.3 Å². The average Bonchev–Trinajstić information content (AvgIpc) is 1.87. The molecular formula is C6H7BO4. The normalized spacial score (nSPS) is 9.64. The van der Waals surface area contributed by atoms with Crippen LogP contribution in [0.5, 0.6) is 11.5 Å². The molecule has 58 valence electrons. The minimum absolute atomic E-state index is 0.0440. The zero-order valence-corrected chi connectivity index (χ0v) is 5.65. The summed E-state index contributed by atoms with van der Waals surface area (Å²) in [6, 6.07) is 3.54. The summed E-state index contributed by atoms with van der Waals surface area (Å²) in [5, 5.41) is 31.7. The molecule has 2 rings (SSSR count). The van der Waals surface area contributed by atoms with Crippen LogP contribution >= 0.6 is 0 Å². The highest BCUT2D eigenvalue weighted by Crippen LogP contribution is 2.53. The highest BCUT2D eigenvalue weighted by Gasteiger charge is 2.24.